The normalized spacial score (nSPS) is 22.1. The fraction of sp³-hybridized carbons (Fsp3) is 0.464. The maximum absolute atomic E-state index is 12.8. The number of anilines is 1. The largest absolute Gasteiger partial charge is 0.503 e. The van der Waals surface area contributed by atoms with Crippen LogP contribution in [-0.4, -0.2) is 68.3 Å². The van der Waals surface area contributed by atoms with Gasteiger partial charge in [0, 0.05) is 102 Å². The molecule has 9 heteroatoms. The van der Waals surface area contributed by atoms with Gasteiger partial charge in [-0.15, -0.1) is 0 Å². The topological polar surface area (TPSA) is 86.8 Å². The molecule has 37 heavy (non-hydrogen) atoms. The van der Waals surface area contributed by atoms with Crippen molar-refractivity contribution in [1.29, 1.82) is 0 Å². The highest BCUT2D eigenvalue weighted by molar-refractivity contribution is 5.38. The van der Waals surface area contributed by atoms with Gasteiger partial charge in [-0.2, -0.15) is 0 Å². The molecule has 0 aliphatic carbocycles. The number of rotatable bonds is 5. The molecule has 2 unspecified atom stereocenters. The van der Waals surface area contributed by atoms with Crippen molar-refractivity contribution in [3.63, 3.8) is 0 Å². The van der Waals surface area contributed by atoms with Crippen LogP contribution < -0.4 is 15.9 Å². The molecule has 0 saturated carbocycles. The third-order valence-corrected chi connectivity index (χ3v) is 8.30. The van der Waals surface area contributed by atoms with E-state index in [4.69, 9.17) is 0 Å². The van der Waals surface area contributed by atoms with Crippen LogP contribution in [0.2, 0.25) is 0 Å². The Morgan fingerprint density at radius 2 is 1.78 bits per heavy atom. The first kappa shape index (κ1) is 23.9. The van der Waals surface area contributed by atoms with Crippen LogP contribution in [0.4, 0.5) is 5.82 Å². The minimum absolute atomic E-state index is 0.0899. The molecule has 2 bridgehead atoms. The van der Waals surface area contributed by atoms with Gasteiger partial charge < -0.3 is 19.1 Å². The highest BCUT2D eigenvalue weighted by Gasteiger charge is 2.34. The van der Waals surface area contributed by atoms with E-state index in [1.165, 1.54) is 0 Å². The summed E-state index contributed by atoms with van der Waals surface area (Å²) >= 11 is 0. The number of piperidine rings is 1. The zero-order chi connectivity index (χ0) is 25.5. The first-order chi connectivity index (χ1) is 18.0. The van der Waals surface area contributed by atoms with Gasteiger partial charge in [-0.05, 0) is 30.5 Å². The molecule has 3 aromatic rings. The number of hydrogen-bond donors (Lipinski definition) is 1. The minimum Gasteiger partial charge on any atom is -0.503 e. The zero-order valence-corrected chi connectivity index (χ0v) is 21.3. The first-order valence-corrected chi connectivity index (χ1v) is 13.2. The highest BCUT2D eigenvalue weighted by Crippen LogP contribution is 2.35. The second-order valence-electron chi connectivity index (χ2n) is 10.7. The molecule has 2 saturated heterocycles. The molecule has 2 fully saturated rings. The van der Waals surface area contributed by atoms with Gasteiger partial charge in [0.05, 0.1) is 5.69 Å². The summed E-state index contributed by atoms with van der Waals surface area (Å²) in [6.07, 6.45) is 2.92. The van der Waals surface area contributed by atoms with Crippen LogP contribution in [0.3, 0.4) is 0 Å². The predicted molar refractivity (Wildman–Crippen MR) is 142 cm³/mol. The molecule has 194 valence electrons. The molecule has 9 nitrogen and oxygen atoms in total. The Morgan fingerprint density at radius 3 is 2.57 bits per heavy atom. The van der Waals surface area contributed by atoms with Crippen molar-refractivity contribution in [2.45, 2.75) is 32.0 Å². The van der Waals surface area contributed by atoms with E-state index in [2.05, 4.69) is 25.8 Å². The van der Waals surface area contributed by atoms with Gasteiger partial charge in [0.1, 0.15) is 5.82 Å². The summed E-state index contributed by atoms with van der Waals surface area (Å²) in [6.45, 7) is 7.08. The first-order valence-electron chi connectivity index (χ1n) is 13.2. The van der Waals surface area contributed by atoms with Crippen LogP contribution in [0.15, 0.2) is 58.3 Å². The molecule has 3 aliphatic rings. The van der Waals surface area contributed by atoms with Crippen molar-refractivity contribution in [2.75, 3.05) is 44.2 Å². The fourth-order valence-corrected chi connectivity index (χ4v) is 6.37. The fourth-order valence-electron chi connectivity index (χ4n) is 6.37. The Balaban J connectivity index is 1.16. The Hall–Kier alpha value is -3.43. The van der Waals surface area contributed by atoms with Gasteiger partial charge in [-0.1, -0.05) is 12.1 Å². The van der Waals surface area contributed by atoms with E-state index in [1.807, 2.05) is 46.6 Å². The van der Waals surface area contributed by atoms with E-state index < -0.39 is 0 Å². The van der Waals surface area contributed by atoms with Gasteiger partial charge in [0.2, 0.25) is 5.43 Å². The van der Waals surface area contributed by atoms with E-state index in [1.54, 1.807) is 12.1 Å². The third kappa shape index (κ3) is 4.69. The number of hydrogen-bond acceptors (Lipinski definition) is 7. The Morgan fingerprint density at radius 1 is 0.946 bits per heavy atom. The Bertz CT molecular complexity index is 1390. The summed E-state index contributed by atoms with van der Waals surface area (Å²) in [5, 5.41) is 10.7. The SMILES string of the molecule is Cn1c(CN2CC3CC(C2)c2cccc(=O)n2C3)cc(=O)c(O)c1CN1CCN(c2ccccn2)CC1. The van der Waals surface area contributed by atoms with Crippen LogP contribution in [0, 0.1) is 5.92 Å². The third-order valence-electron chi connectivity index (χ3n) is 8.30. The predicted octanol–water partition coefficient (Wildman–Crippen LogP) is 1.59. The lowest BCUT2D eigenvalue weighted by Gasteiger charge is -2.43. The molecule has 6 heterocycles. The molecule has 0 aromatic carbocycles. The molecule has 2 atom stereocenters. The van der Waals surface area contributed by atoms with Crippen LogP contribution in [-0.2, 0) is 26.7 Å². The smallest absolute Gasteiger partial charge is 0.250 e. The lowest BCUT2D eigenvalue weighted by atomic mass is 9.83. The summed E-state index contributed by atoms with van der Waals surface area (Å²) in [5.74, 6) is 1.58. The van der Waals surface area contributed by atoms with Gasteiger partial charge in [0.15, 0.2) is 5.75 Å². The van der Waals surface area contributed by atoms with Gasteiger partial charge in [-0.25, -0.2) is 4.98 Å². The molecule has 3 aliphatic heterocycles. The van der Waals surface area contributed by atoms with E-state index in [9.17, 15) is 14.7 Å². The van der Waals surface area contributed by atoms with Crippen LogP contribution in [0.1, 0.15) is 29.4 Å². The van der Waals surface area contributed by atoms with Gasteiger partial charge >= 0.3 is 0 Å². The molecule has 0 amide bonds. The summed E-state index contributed by atoms with van der Waals surface area (Å²) in [5.41, 5.74) is 2.48. The van der Waals surface area contributed by atoms with E-state index >= 15 is 0 Å². The molecule has 3 aromatic heterocycles. The molecule has 0 spiro atoms. The van der Waals surface area contributed by atoms with Gasteiger partial charge in [-0.3, -0.25) is 19.4 Å². The van der Waals surface area contributed by atoms with Crippen molar-refractivity contribution in [2.24, 2.45) is 13.0 Å². The number of piperazine rings is 1. The quantitative estimate of drug-likeness (QED) is 0.567. The number of fused-ring (bicyclic) bond motifs is 4. The van der Waals surface area contributed by atoms with Crippen molar-refractivity contribution >= 4 is 5.82 Å². The molecule has 0 radical (unpaired) electrons. The Labute approximate surface area is 216 Å². The standard InChI is InChI=1S/C28H34N6O3/c1-30-22(18-32-15-20-13-21(17-32)23-5-4-7-27(36)34(23)16-20)14-25(35)28(37)24(30)19-31-9-11-33(12-10-31)26-6-2-3-8-29-26/h2-8,14,20-21,37H,9-13,15-19H2,1H3. The molecular weight excluding hydrogens is 468 g/mol. The number of pyridine rings is 3. The maximum atomic E-state index is 12.8. The van der Waals surface area contributed by atoms with Crippen LogP contribution >= 0.6 is 0 Å². The lowest BCUT2D eigenvalue weighted by Crippen LogP contribution is -2.47. The van der Waals surface area contributed by atoms with Crippen molar-refractivity contribution in [1.82, 2.24) is 23.9 Å². The maximum Gasteiger partial charge on any atom is 0.250 e. The number of aromatic nitrogens is 3. The van der Waals surface area contributed by atoms with Crippen molar-refractivity contribution < 1.29 is 5.11 Å². The second kappa shape index (κ2) is 9.79. The van der Waals surface area contributed by atoms with Crippen LogP contribution in [0.5, 0.6) is 5.75 Å². The summed E-state index contributed by atoms with van der Waals surface area (Å²) < 4.78 is 3.95. The molecule has 6 rings (SSSR count). The number of likely N-dealkylation sites (tertiary alicyclic amines) is 1. The Kier molecular flexibility index (Phi) is 6.34. The number of nitrogens with zero attached hydrogens (tertiary/aromatic N) is 6. The monoisotopic (exact) mass is 502 g/mol. The average molecular weight is 503 g/mol. The van der Waals surface area contributed by atoms with E-state index in [-0.39, 0.29) is 16.7 Å². The average Bonchev–Trinajstić information content (AvgIpc) is 2.91. The summed E-state index contributed by atoms with van der Waals surface area (Å²) in [4.78, 5) is 36.5. The summed E-state index contributed by atoms with van der Waals surface area (Å²) in [6, 6.07) is 13.1. The van der Waals surface area contributed by atoms with E-state index in [0.29, 0.717) is 30.6 Å². The van der Waals surface area contributed by atoms with Crippen LogP contribution in [0.25, 0.3) is 0 Å². The molecule has 1 N–H and O–H groups in total. The highest BCUT2D eigenvalue weighted by atomic mass is 16.3. The zero-order valence-electron chi connectivity index (χ0n) is 21.3. The second-order valence-corrected chi connectivity index (χ2v) is 10.7. The summed E-state index contributed by atoms with van der Waals surface area (Å²) in [7, 11) is 1.95. The lowest BCUT2D eigenvalue weighted by molar-refractivity contribution is 0.112. The number of aromatic hydroxyl groups is 1. The van der Waals surface area contributed by atoms with Crippen molar-refractivity contribution in [3.8, 4) is 5.75 Å². The van der Waals surface area contributed by atoms with Gasteiger partial charge in [0.25, 0.3) is 5.56 Å². The molecular formula is C28H34N6O3. The van der Waals surface area contributed by atoms with E-state index in [0.717, 1.165) is 69.4 Å². The minimum atomic E-state index is -0.315. The van der Waals surface area contributed by atoms with Crippen molar-refractivity contribution in [3.05, 3.63) is 86.3 Å².